The lowest BCUT2D eigenvalue weighted by Crippen LogP contribution is -2.68. The Morgan fingerprint density at radius 3 is 1.95 bits per heavy atom. The van der Waals surface area contributed by atoms with Crippen LogP contribution in [-0.4, -0.2) is 49.6 Å². The van der Waals surface area contributed by atoms with Crippen LogP contribution in [0, 0.1) is 41.4 Å². The van der Waals surface area contributed by atoms with E-state index in [1.54, 1.807) is 0 Å². The average Bonchev–Trinajstić information content (AvgIpc) is 3.62. The fourth-order valence-corrected chi connectivity index (χ4v) is 13.6. The Kier molecular flexibility index (Phi) is 8.46. The molecule has 0 unspecified atom stereocenters. The second-order valence-corrected chi connectivity index (χ2v) is 19.0. The summed E-state index contributed by atoms with van der Waals surface area (Å²) in [5.74, 6) is 2.35. The molecule has 0 aromatic heterocycles. The van der Waals surface area contributed by atoms with E-state index in [2.05, 4.69) is 109 Å². The minimum atomic E-state index is -2.71. The van der Waals surface area contributed by atoms with Gasteiger partial charge in [0.05, 0.1) is 11.7 Å². The van der Waals surface area contributed by atoms with Crippen LogP contribution in [0.25, 0.3) is 0 Å². The first kappa shape index (κ1) is 30.0. The van der Waals surface area contributed by atoms with E-state index in [0.717, 1.165) is 19.3 Å². The van der Waals surface area contributed by atoms with Crippen molar-refractivity contribution < 1.29 is 19.4 Å². The van der Waals surface area contributed by atoms with Crippen LogP contribution in [0.3, 0.4) is 0 Å². The highest BCUT2D eigenvalue weighted by atomic mass is 28.4. The van der Waals surface area contributed by atoms with Crippen molar-refractivity contribution in [1.29, 1.82) is 0 Å². The van der Waals surface area contributed by atoms with Crippen LogP contribution in [0.4, 0.5) is 0 Å². The summed E-state index contributed by atoms with van der Waals surface area (Å²) in [6, 6.07) is 21.9. The van der Waals surface area contributed by atoms with Crippen LogP contribution in [0.2, 0.25) is 5.04 Å². The van der Waals surface area contributed by atoms with Gasteiger partial charge in [0.2, 0.25) is 0 Å². The van der Waals surface area contributed by atoms with Crippen LogP contribution < -0.4 is 10.4 Å². The first-order chi connectivity index (χ1) is 19.0. The van der Waals surface area contributed by atoms with Crippen molar-refractivity contribution in [3.63, 3.8) is 0 Å². The molecule has 1 aliphatic heterocycles. The van der Waals surface area contributed by atoms with Crippen LogP contribution in [0.15, 0.2) is 60.7 Å². The number of rotatable bonds is 9. The summed E-state index contributed by atoms with van der Waals surface area (Å²) in [6.45, 7) is 16.5. The largest absolute Gasteiger partial charge is 0.404 e. The second-order valence-electron chi connectivity index (χ2n) is 14.7. The minimum Gasteiger partial charge on any atom is -0.404 e. The predicted molar refractivity (Wildman–Crippen MR) is 165 cm³/mol. The van der Waals surface area contributed by atoms with Gasteiger partial charge in [0.1, 0.15) is 0 Å². The first-order valence-electron chi connectivity index (χ1n) is 15.6. The molecule has 5 rings (SSSR count). The molecule has 2 N–H and O–H groups in total. The van der Waals surface area contributed by atoms with Gasteiger partial charge in [-0.1, -0.05) is 102 Å². The molecule has 5 heteroatoms. The molecule has 0 radical (unpaired) electrons. The number of ether oxygens (including phenoxy) is 1. The van der Waals surface area contributed by atoms with Crippen molar-refractivity contribution in [3.05, 3.63) is 60.7 Å². The molecule has 1 heterocycles. The highest BCUT2D eigenvalue weighted by Gasteiger charge is 2.67. The monoisotopic (exact) mass is 564 g/mol. The third-order valence-electron chi connectivity index (χ3n) is 10.9. The summed E-state index contributed by atoms with van der Waals surface area (Å²) in [4.78, 5) is 0. The lowest BCUT2D eigenvalue weighted by Gasteiger charge is -2.54. The van der Waals surface area contributed by atoms with Gasteiger partial charge in [-0.05, 0) is 83.0 Å². The molecule has 1 saturated heterocycles. The van der Waals surface area contributed by atoms with Gasteiger partial charge in [0, 0.05) is 19.3 Å². The van der Waals surface area contributed by atoms with Crippen molar-refractivity contribution in [2.45, 2.75) is 90.6 Å². The molecule has 220 valence electrons. The van der Waals surface area contributed by atoms with Gasteiger partial charge in [-0.2, -0.15) is 0 Å². The van der Waals surface area contributed by atoms with Crippen LogP contribution >= 0.6 is 0 Å². The molecule has 0 bridgehead atoms. The third kappa shape index (κ3) is 5.15. The smallest absolute Gasteiger partial charge is 0.261 e. The third-order valence-corrected chi connectivity index (χ3v) is 16.0. The molecular weight excluding hydrogens is 512 g/mol. The lowest BCUT2D eigenvalue weighted by molar-refractivity contribution is -0.0610. The van der Waals surface area contributed by atoms with E-state index >= 15 is 0 Å². The number of epoxide rings is 1. The van der Waals surface area contributed by atoms with Gasteiger partial charge < -0.3 is 19.4 Å². The highest BCUT2D eigenvalue weighted by Crippen LogP contribution is 2.63. The Morgan fingerprint density at radius 2 is 1.48 bits per heavy atom. The predicted octanol–water partition coefficient (Wildman–Crippen LogP) is 5.64. The van der Waals surface area contributed by atoms with E-state index in [1.165, 1.54) is 10.4 Å². The van der Waals surface area contributed by atoms with Crippen molar-refractivity contribution in [2.24, 2.45) is 41.4 Å². The standard InChI is InChI=1S/C35H52O4Si/c1-23(2)31(22-37)30-20-35(7)33(38-35)32-28(24(3)21-36)18-25(19-29(30)32)39-40(34(4,5)6,26-14-10-8-11-15-26)27-16-12-9-13-17-27/h8-17,23-25,28-33,36-37H,18-22H2,1-7H3/t24-,25-,28+,29-,30-,31-,32-,33+,35-/m1/s1. The zero-order valence-corrected chi connectivity index (χ0v) is 26.7. The van der Waals surface area contributed by atoms with Gasteiger partial charge in [0.25, 0.3) is 8.32 Å². The number of fused-ring (bicyclic) bond motifs is 3. The maximum atomic E-state index is 10.6. The molecule has 3 fully saturated rings. The SMILES string of the molecule is CC(C)[C@@H](CO)[C@@H]1C[C@@]2(C)O[C@H]2[C@H]2[C@@H]1C[C@H](O[Si](c1ccccc1)(c1ccccc1)C(C)(C)C)C[C@H]2[C@H](C)CO. The van der Waals surface area contributed by atoms with E-state index in [4.69, 9.17) is 9.16 Å². The minimum absolute atomic E-state index is 0.0830. The van der Waals surface area contributed by atoms with Crippen molar-refractivity contribution in [1.82, 2.24) is 0 Å². The number of aliphatic hydroxyl groups is 2. The van der Waals surface area contributed by atoms with E-state index in [1.807, 2.05) is 0 Å². The van der Waals surface area contributed by atoms with E-state index < -0.39 is 8.32 Å². The normalized spacial score (nSPS) is 33.6. The number of hydrogen-bond donors (Lipinski definition) is 2. The van der Waals surface area contributed by atoms with Gasteiger partial charge >= 0.3 is 0 Å². The molecule has 2 saturated carbocycles. The fourth-order valence-electron chi connectivity index (χ4n) is 8.86. The molecule has 4 nitrogen and oxygen atoms in total. The van der Waals surface area contributed by atoms with Crippen molar-refractivity contribution >= 4 is 18.7 Å². The van der Waals surface area contributed by atoms with Crippen molar-refractivity contribution in [2.75, 3.05) is 13.2 Å². The molecule has 2 aromatic carbocycles. The maximum Gasteiger partial charge on any atom is 0.261 e. The summed E-state index contributed by atoms with van der Waals surface area (Å²) in [5.41, 5.74) is -0.0900. The van der Waals surface area contributed by atoms with Crippen LogP contribution in [-0.2, 0) is 9.16 Å². The summed E-state index contributed by atoms with van der Waals surface area (Å²) in [6.07, 6.45) is 3.29. The Morgan fingerprint density at radius 1 is 0.900 bits per heavy atom. The molecule has 2 aliphatic carbocycles. The topological polar surface area (TPSA) is 62.2 Å². The number of aliphatic hydroxyl groups excluding tert-OH is 2. The van der Waals surface area contributed by atoms with Gasteiger partial charge in [-0.3, -0.25) is 0 Å². The van der Waals surface area contributed by atoms with Gasteiger partial charge in [0.15, 0.2) is 0 Å². The van der Waals surface area contributed by atoms with Gasteiger partial charge in [-0.15, -0.1) is 0 Å². The molecule has 9 atom stereocenters. The maximum absolute atomic E-state index is 10.6. The summed E-state index contributed by atoms with van der Waals surface area (Å²) in [7, 11) is -2.71. The Hall–Kier alpha value is -1.50. The number of hydrogen-bond acceptors (Lipinski definition) is 4. The quantitative estimate of drug-likeness (QED) is 0.306. The van der Waals surface area contributed by atoms with Gasteiger partial charge in [-0.25, -0.2) is 0 Å². The van der Waals surface area contributed by atoms with Crippen LogP contribution in [0.1, 0.15) is 67.7 Å². The fraction of sp³-hybridized carbons (Fsp3) is 0.657. The lowest BCUT2D eigenvalue weighted by atomic mass is 9.53. The summed E-state index contributed by atoms with van der Waals surface area (Å²) in [5, 5.41) is 23.6. The number of benzene rings is 2. The Bertz CT molecular complexity index is 1080. The van der Waals surface area contributed by atoms with Crippen molar-refractivity contribution in [3.8, 4) is 0 Å². The van der Waals surface area contributed by atoms with E-state index in [0.29, 0.717) is 29.6 Å². The Labute approximate surface area is 243 Å². The molecule has 0 amide bonds. The zero-order valence-electron chi connectivity index (χ0n) is 25.7. The first-order valence-corrected chi connectivity index (χ1v) is 17.6. The summed E-state index contributed by atoms with van der Waals surface area (Å²) >= 11 is 0. The Balaban J connectivity index is 1.59. The summed E-state index contributed by atoms with van der Waals surface area (Å²) < 4.78 is 14.2. The zero-order chi connectivity index (χ0) is 28.9. The van der Waals surface area contributed by atoms with E-state index in [-0.39, 0.29) is 47.9 Å². The molecule has 0 spiro atoms. The second kappa shape index (κ2) is 11.3. The molecular formula is C35H52O4Si. The highest BCUT2D eigenvalue weighted by molar-refractivity contribution is 6.99. The molecule has 2 aromatic rings. The molecule has 40 heavy (non-hydrogen) atoms. The average molecular weight is 565 g/mol. The van der Waals surface area contributed by atoms with E-state index in [9.17, 15) is 10.2 Å². The van der Waals surface area contributed by atoms with Crippen LogP contribution in [0.5, 0.6) is 0 Å². The molecule has 3 aliphatic rings.